The Bertz CT molecular complexity index is 2370. The number of likely N-dealkylation sites (N-methyl/N-ethyl adjacent to an activating group) is 1. The summed E-state index contributed by atoms with van der Waals surface area (Å²) in [6, 6.07) is 2.17. The summed E-state index contributed by atoms with van der Waals surface area (Å²) in [4.78, 5) is 96.4. The van der Waals surface area contributed by atoms with Crippen molar-refractivity contribution in [1.29, 1.82) is 0 Å². The van der Waals surface area contributed by atoms with Crippen molar-refractivity contribution in [3.63, 3.8) is 0 Å². The van der Waals surface area contributed by atoms with Crippen molar-refractivity contribution >= 4 is 92.1 Å². The van der Waals surface area contributed by atoms with Crippen LogP contribution in [0.15, 0.2) is 47.4 Å². The number of phenolic OH excluding ortho intramolecular Hbond substituents is 1. The molecule has 3 aliphatic heterocycles. The number of phenols is 1. The number of pyridine rings is 1. The van der Waals surface area contributed by atoms with E-state index in [2.05, 4.69) is 16.0 Å². The number of carbonyl (C=O) groups excluding carboxylic acids is 6. The molecule has 6 amide bonds. The fourth-order valence-electron chi connectivity index (χ4n) is 6.99. The number of anilines is 1. The second kappa shape index (κ2) is 16.6. The van der Waals surface area contributed by atoms with Crippen molar-refractivity contribution in [1.82, 2.24) is 34.6 Å². The van der Waals surface area contributed by atoms with Crippen LogP contribution in [0.5, 0.6) is 5.75 Å². The number of amides is 6. The van der Waals surface area contributed by atoms with Gasteiger partial charge in [-0.15, -0.1) is 0 Å². The first-order valence-electron chi connectivity index (χ1n) is 17.9. The summed E-state index contributed by atoms with van der Waals surface area (Å²) in [5, 5.41) is 17.3. The standard InChI is InChI=1S/C35H37FN8O12S.Na.H/c1-2-40-13-14-42(32(50)31(40)49)35(52)39-26(18-3-7-20(45)8-4-18)29(47)38-27-30(48)44(57(53,54)55)33(27)56-34(51)22-17-43(19-5-6-19)24-16-25(41-11-9-37-10-12-41)23(36)15-21(24)28(22)46;;/h3-4,7-8,15-17,19,26-27,33,37,45H,2,5-6,9-14H2,1H3,(H,38,47)(H,39,52)(H,53,54,55);;/t26?,27-,33?;;/m1../s1. The molecule has 2 unspecified atom stereocenters. The topological polar surface area (TPSA) is 257 Å². The minimum absolute atomic E-state index is 0. The van der Waals surface area contributed by atoms with E-state index in [1.165, 1.54) is 29.3 Å². The second-order valence-electron chi connectivity index (χ2n) is 13.8. The van der Waals surface area contributed by atoms with Gasteiger partial charge in [-0.25, -0.2) is 14.0 Å². The van der Waals surface area contributed by atoms with E-state index in [1.807, 2.05) is 4.90 Å². The van der Waals surface area contributed by atoms with Gasteiger partial charge in [-0.2, -0.15) is 12.7 Å². The van der Waals surface area contributed by atoms with E-state index in [1.54, 1.807) is 11.5 Å². The molecule has 1 saturated carbocycles. The number of imide groups is 1. The average molecular weight is 837 g/mol. The summed E-state index contributed by atoms with van der Waals surface area (Å²) in [7, 11) is -5.43. The Morgan fingerprint density at radius 2 is 1.67 bits per heavy atom. The second-order valence-corrected chi connectivity index (χ2v) is 15.1. The number of benzene rings is 2. The first-order chi connectivity index (χ1) is 27.1. The van der Waals surface area contributed by atoms with Crippen molar-refractivity contribution in [2.24, 2.45) is 0 Å². The van der Waals surface area contributed by atoms with Crippen LogP contribution >= 0.6 is 0 Å². The number of rotatable bonds is 10. The number of urea groups is 1. The van der Waals surface area contributed by atoms with E-state index >= 15 is 4.39 Å². The van der Waals surface area contributed by atoms with Crippen LogP contribution in [0.4, 0.5) is 14.9 Å². The van der Waals surface area contributed by atoms with Crippen molar-refractivity contribution in [3.05, 3.63) is 69.8 Å². The fraction of sp³-hybridized carbons (Fsp3) is 0.400. The van der Waals surface area contributed by atoms with Gasteiger partial charge in [0.15, 0.2) is 6.04 Å². The zero-order chi connectivity index (χ0) is 40.9. The molecule has 4 aliphatic rings. The number of halogens is 1. The molecule has 1 aromatic heterocycles. The molecule has 23 heteroatoms. The van der Waals surface area contributed by atoms with Crippen LogP contribution in [-0.4, -0.2) is 160 Å². The molecule has 0 spiro atoms. The maximum absolute atomic E-state index is 15.5. The Balaban J connectivity index is 0.00000567. The van der Waals surface area contributed by atoms with Crippen LogP contribution in [0.2, 0.25) is 0 Å². The Kier molecular flexibility index (Phi) is 12.2. The zero-order valence-electron chi connectivity index (χ0n) is 30.2. The van der Waals surface area contributed by atoms with Crippen LogP contribution in [0.1, 0.15) is 47.8 Å². The minimum atomic E-state index is -5.43. The molecule has 7 rings (SSSR count). The molecule has 304 valence electrons. The van der Waals surface area contributed by atoms with Crippen LogP contribution in [0.25, 0.3) is 10.9 Å². The summed E-state index contributed by atoms with van der Waals surface area (Å²) < 4.78 is 56.7. The molecule has 4 fully saturated rings. The number of aromatic nitrogens is 1. The number of nitrogens with one attached hydrogen (secondary N) is 3. The van der Waals surface area contributed by atoms with E-state index in [0.29, 0.717) is 49.4 Å². The third-order valence-corrected chi connectivity index (χ3v) is 11.1. The summed E-state index contributed by atoms with van der Waals surface area (Å²) in [6.45, 7) is 3.90. The van der Waals surface area contributed by atoms with Crippen LogP contribution in [0, 0.1) is 5.82 Å². The number of aromatic hydroxyl groups is 1. The number of fused-ring (bicyclic) bond motifs is 1. The number of hydrogen-bond acceptors (Lipinski definition) is 13. The number of β-lactam (4-membered cyclic amide) rings is 1. The SMILES string of the molecule is CCN1CCN(C(=O)NC(C(=O)N[C@@H]2C(=O)N(S(=O)(=O)O)C2OC(=O)c2cn(C3CC3)c3cc(N4CCNCC4)c(F)cc3c2=O)c2ccc(O)cc2)C(=O)C1=O.[NaH]. The van der Waals surface area contributed by atoms with Gasteiger partial charge in [0.2, 0.25) is 17.6 Å². The van der Waals surface area contributed by atoms with Gasteiger partial charge in [-0.1, -0.05) is 12.1 Å². The first-order valence-corrected chi connectivity index (χ1v) is 19.3. The Morgan fingerprint density at radius 1 is 1.00 bits per heavy atom. The van der Waals surface area contributed by atoms with Crippen molar-refractivity contribution in [3.8, 4) is 5.75 Å². The molecular formula is C35H38FN8NaO12S. The first kappa shape index (κ1) is 42.5. The zero-order valence-corrected chi connectivity index (χ0v) is 31.0. The molecule has 1 aliphatic carbocycles. The summed E-state index contributed by atoms with van der Waals surface area (Å²) in [5.74, 6) is -7.23. The third kappa shape index (κ3) is 8.11. The van der Waals surface area contributed by atoms with Crippen LogP contribution < -0.4 is 26.3 Å². The van der Waals surface area contributed by atoms with Gasteiger partial charge in [0.1, 0.15) is 23.2 Å². The monoisotopic (exact) mass is 836 g/mol. The molecule has 4 heterocycles. The van der Waals surface area contributed by atoms with E-state index in [-0.39, 0.29) is 81.9 Å². The van der Waals surface area contributed by atoms with Gasteiger partial charge in [0.25, 0.3) is 5.91 Å². The van der Waals surface area contributed by atoms with Crippen molar-refractivity contribution in [2.75, 3.05) is 50.7 Å². The summed E-state index contributed by atoms with van der Waals surface area (Å²) in [6.07, 6.45) is 0.288. The molecule has 0 bridgehead atoms. The number of ether oxygens (including phenoxy) is 1. The van der Waals surface area contributed by atoms with Crippen molar-refractivity contribution < 1.29 is 56.0 Å². The van der Waals surface area contributed by atoms with Crippen LogP contribution in [-0.2, 0) is 34.2 Å². The molecule has 2 aromatic carbocycles. The van der Waals surface area contributed by atoms with Gasteiger partial charge in [-0.3, -0.25) is 33.4 Å². The molecule has 58 heavy (non-hydrogen) atoms. The Hall–Kier alpha value is -5.13. The number of carbonyl (C=O) groups is 6. The van der Waals surface area contributed by atoms with Gasteiger partial charge in [0, 0.05) is 63.4 Å². The van der Waals surface area contributed by atoms with Gasteiger partial charge in [-0.05, 0) is 49.6 Å². The molecule has 5 N–H and O–H groups in total. The maximum atomic E-state index is 15.5. The van der Waals surface area contributed by atoms with Gasteiger partial charge in [0.05, 0.1) is 11.2 Å². The number of piperazine rings is 2. The molecule has 3 atom stereocenters. The average Bonchev–Trinajstić information content (AvgIpc) is 4.03. The number of esters is 1. The van der Waals surface area contributed by atoms with Crippen LogP contribution in [0.3, 0.4) is 0 Å². The van der Waals surface area contributed by atoms with E-state index in [4.69, 9.17) is 4.74 Å². The van der Waals surface area contributed by atoms with Gasteiger partial charge < -0.3 is 40.2 Å². The molecule has 3 aromatic rings. The third-order valence-electron chi connectivity index (χ3n) is 10.2. The molecule has 0 radical (unpaired) electrons. The molecule has 3 saturated heterocycles. The molecule has 20 nitrogen and oxygen atoms in total. The quantitative estimate of drug-likeness (QED) is 0.0523. The van der Waals surface area contributed by atoms with E-state index in [9.17, 15) is 51.6 Å². The van der Waals surface area contributed by atoms with Gasteiger partial charge >= 0.3 is 63.7 Å². The number of hydrogen-bond donors (Lipinski definition) is 5. The van der Waals surface area contributed by atoms with Crippen molar-refractivity contribution in [2.45, 2.75) is 44.1 Å². The summed E-state index contributed by atoms with van der Waals surface area (Å²) >= 11 is 0. The Labute approximate surface area is 351 Å². The fourth-order valence-corrected chi connectivity index (χ4v) is 7.76. The predicted octanol–water partition coefficient (Wildman–Crippen LogP) is -1.30. The van der Waals surface area contributed by atoms with E-state index in [0.717, 1.165) is 18.2 Å². The molecular weight excluding hydrogens is 798 g/mol. The predicted molar refractivity (Wildman–Crippen MR) is 202 cm³/mol. The number of nitrogens with zero attached hydrogens (tertiary/aromatic N) is 5. The summed E-state index contributed by atoms with van der Waals surface area (Å²) in [5.41, 5.74) is -1.02. The van der Waals surface area contributed by atoms with E-state index < -0.39 is 81.1 Å². The normalized spacial score (nSPS) is 20.3. The Morgan fingerprint density at radius 3 is 2.29 bits per heavy atom.